The zero-order valence-corrected chi connectivity index (χ0v) is 13.4. The second kappa shape index (κ2) is 5.11. The first-order chi connectivity index (χ1) is 10.6. The molecule has 1 aromatic carbocycles. The summed E-state index contributed by atoms with van der Waals surface area (Å²) in [5.41, 5.74) is 3.76. The maximum Gasteiger partial charge on any atom is 0.162 e. The summed E-state index contributed by atoms with van der Waals surface area (Å²) in [6, 6.07) is 6.72. The third-order valence-electron chi connectivity index (χ3n) is 4.96. The highest BCUT2D eigenvalue weighted by Gasteiger charge is 2.45. The summed E-state index contributed by atoms with van der Waals surface area (Å²) in [6.07, 6.45) is 0. The molecule has 5 heteroatoms. The lowest BCUT2D eigenvalue weighted by atomic mass is 9.83. The number of nitrogens with zero attached hydrogens (tertiary/aromatic N) is 1. The Kier molecular flexibility index (Phi) is 3.33. The molecule has 3 aliphatic heterocycles. The zero-order chi connectivity index (χ0) is 15.2. The van der Waals surface area contributed by atoms with Gasteiger partial charge in [0.1, 0.15) is 0 Å². The summed E-state index contributed by atoms with van der Waals surface area (Å²) in [5.74, 6) is -0.470. The Hall–Kier alpha value is -1.30. The van der Waals surface area contributed by atoms with Gasteiger partial charge in [-0.2, -0.15) is 0 Å². The number of morpholine rings is 1. The molecule has 0 unspecified atom stereocenters. The van der Waals surface area contributed by atoms with Crippen molar-refractivity contribution in [2.45, 2.75) is 25.0 Å². The summed E-state index contributed by atoms with van der Waals surface area (Å²) in [6.45, 7) is 9.79. The van der Waals surface area contributed by atoms with Gasteiger partial charge in [0.05, 0.1) is 31.8 Å². The van der Waals surface area contributed by atoms with Crippen LogP contribution in [0.2, 0.25) is 0 Å². The normalized spacial score (nSPS) is 25.8. The first-order valence-electron chi connectivity index (χ1n) is 8.07. The molecule has 120 valence electrons. The van der Waals surface area contributed by atoms with Crippen LogP contribution in [-0.2, 0) is 19.6 Å². The van der Waals surface area contributed by atoms with E-state index in [1.165, 1.54) is 16.9 Å². The van der Waals surface area contributed by atoms with Gasteiger partial charge in [-0.1, -0.05) is 6.07 Å². The van der Waals surface area contributed by atoms with E-state index in [-0.39, 0.29) is 5.41 Å². The SMILES string of the molecule is CC1(C)OCC2(CNc3cc(N4CCOCC4)ccc32)CO1. The Morgan fingerprint density at radius 2 is 1.82 bits per heavy atom. The van der Waals surface area contributed by atoms with Gasteiger partial charge in [-0.15, -0.1) is 0 Å². The monoisotopic (exact) mass is 304 g/mol. The second-order valence-corrected chi connectivity index (χ2v) is 6.94. The Balaban J connectivity index is 1.58. The number of nitrogens with one attached hydrogen (secondary N) is 1. The summed E-state index contributed by atoms with van der Waals surface area (Å²) in [5, 5.41) is 3.55. The van der Waals surface area contributed by atoms with Crippen LogP contribution in [0.1, 0.15) is 19.4 Å². The van der Waals surface area contributed by atoms with E-state index in [2.05, 4.69) is 28.4 Å². The molecule has 2 fully saturated rings. The Morgan fingerprint density at radius 1 is 1.09 bits per heavy atom. The molecule has 0 bridgehead atoms. The molecule has 3 aliphatic rings. The van der Waals surface area contributed by atoms with Gasteiger partial charge < -0.3 is 24.4 Å². The molecule has 5 nitrogen and oxygen atoms in total. The number of hydrogen-bond acceptors (Lipinski definition) is 5. The average molecular weight is 304 g/mol. The molecule has 1 N–H and O–H groups in total. The van der Waals surface area contributed by atoms with Crippen LogP contribution in [0.25, 0.3) is 0 Å². The molecule has 0 amide bonds. The number of rotatable bonds is 1. The number of fused-ring (bicyclic) bond motifs is 2. The maximum absolute atomic E-state index is 5.92. The van der Waals surface area contributed by atoms with Gasteiger partial charge in [0.2, 0.25) is 0 Å². The molecule has 3 heterocycles. The fraction of sp³-hybridized carbons (Fsp3) is 0.647. The van der Waals surface area contributed by atoms with Crippen molar-refractivity contribution in [3.63, 3.8) is 0 Å². The molecule has 0 saturated carbocycles. The largest absolute Gasteiger partial charge is 0.384 e. The Morgan fingerprint density at radius 3 is 2.55 bits per heavy atom. The van der Waals surface area contributed by atoms with E-state index in [1.807, 2.05) is 13.8 Å². The van der Waals surface area contributed by atoms with Crippen LogP contribution >= 0.6 is 0 Å². The van der Waals surface area contributed by atoms with Gasteiger partial charge in [0, 0.05) is 31.0 Å². The van der Waals surface area contributed by atoms with Crippen molar-refractivity contribution in [2.75, 3.05) is 56.3 Å². The van der Waals surface area contributed by atoms with Crippen LogP contribution in [0, 0.1) is 0 Å². The molecule has 0 atom stereocenters. The van der Waals surface area contributed by atoms with E-state index < -0.39 is 5.79 Å². The molecular weight excluding hydrogens is 280 g/mol. The lowest BCUT2D eigenvalue weighted by Crippen LogP contribution is -2.50. The van der Waals surface area contributed by atoms with Gasteiger partial charge in [0.15, 0.2) is 5.79 Å². The van der Waals surface area contributed by atoms with Crippen LogP contribution in [0.15, 0.2) is 18.2 Å². The Bertz CT molecular complexity index is 557. The minimum Gasteiger partial charge on any atom is -0.384 e. The average Bonchev–Trinajstić information content (AvgIpc) is 2.90. The van der Waals surface area contributed by atoms with Crippen molar-refractivity contribution >= 4 is 11.4 Å². The predicted molar refractivity (Wildman–Crippen MR) is 85.6 cm³/mol. The van der Waals surface area contributed by atoms with Crippen molar-refractivity contribution < 1.29 is 14.2 Å². The highest BCUT2D eigenvalue weighted by molar-refractivity contribution is 5.68. The minimum atomic E-state index is -0.470. The highest BCUT2D eigenvalue weighted by atomic mass is 16.7. The summed E-state index contributed by atoms with van der Waals surface area (Å²) < 4.78 is 17.3. The molecule has 4 rings (SSSR count). The van der Waals surface area contributed by atoms with Crippen LogP contribution < -0.4 is 10.2 Å². The van der Waals surface area contributed by atoms with Crippen molar-refractivity contribution in [1.82, 2.24) is 0 Å². The van der Waals surface area contributed by atoms with Crippen molar-refractivity contribution in [2.24, 2.45) is 0 Å². The molecule has 1 aromatic rings. The van der Waals surface area contributed by atoms with Gasteiger partial charge in [-0.05, 0) is 31.5 Å². The van der Waals surface area contributed by atoms with Crippen LogP contribution in [0.3, 0.4) is 0 Å². The fourth-order valence-corrected chi connectivity index (χ4v) is 3.48. The first-order valence-corrected chi connectivity index (χ1v) is 8.07. The predicted octanol–water partition coefficient (Wildman–Crippen LogP) is 1.97. The van der Waals surface area contributed by atoms with Gasteiger partial charge in [0.25, 0.3) is 0 Å². The van der Waals surface area contributed by atoms with Crippen LogP contribution in [0.4, 0.5) is 11.4 Å². The number of anilines is 2. The van der Waals surface area contributed by atoms with Gasteiger partial charge in [-0.25, -0.2) is 0 Å². The van der Waals surface area contributed by atoms with E-state index in [4.69, 9.17) is 14.2 Å². The summed E-state index contributed by atoms with van der Waals surface area (Å²) in [4.78, 5) is 2.38. The first kappa shape index (κ1) is 14.3. The highest BCUT2D eigenvalue weighted by Crippen LogP contribution is 2.42. The topological polar surface area (TPSA) is 43.0 Å². The third-order valence-corrected chi connectivity index (χ3v) is 4.96. The van der Waals surface area contributed by atoms with Gasteiger partial charge in [-0.3, -0.25) is 0 Å². The van der Waals surface area contributed by atoms with Crippen LogP contribution in [-0.4, -0.2) is 51.8 Å². The van der Waals surface area contributed by atoms with E-state index >= 15 is 0 Å². The molecule has 1 spiro atoms. The quantitative estimate of drug-likeness (QED) is 0.859. The van der Waals surface area contributed by atoms with Crippen LogP contribution in [0.5, 0.6) is 0 Å². The molecule has 2 saturated heterocycles. The minimum absolute atomic E-state index is 0.0472. The molecular formula is C17H24N2O3. The maximum atomic E-state index is 5.92. The molecule has 22 heavy (non-hydrogen) atoms. The van der Waals surface area contributed by atoms with Crippen molar-refractivity contribution in [3.05, 3.63) is 23.8 Å². The van der Waals surface area contributed by atoms with Gasteiger partial charge >= 0.3 is 0 Å². The molecule has 0 aromatic heterocycles. The van der Waals surface area contributed by atoms with E-state index in [9.17, 15) is 0 Å². The third kappa shape index (κ3) is 2.37. The zero-order valence-electron chi connectivity index (χ0n) is 13.4. The van der Waals surface area contributed by atoms with E-state index in [0.717, 1.165) is 32.8 Å². The fourth-order valence-electron chi connectivity index (χ4n) is 3.48. The van der Waals surface area contributed by atoms with Crippen molar-refractivity contribution in [1.29, 1.82) is 0 Å². The van der Waals surface area contributed by atoms with E-state index in [0.29, 0.717) is 13.2 Å². The van der Waals surface area contributed by atoms with E-state index in [1.54, 1.807) is 0 Å². The number of ether oxygens (including phenoxy) is 3. The lowest BCUT2D eigenvalue weighted by molar-refractivity contribution is -0.266. The summed E-state index contributed by atoms with van der Waals surface area (Å²) in [7, 11) is 0. The standard InChI is InChI=1S/C17H24N2O3/c1-16(2)21-11-17(12-22-16)10-18-15-9-13(3-4-14(15)17)19-5-7-20-8-6-19/h3-4,9,18H,5-8,10-12H2,1-2H3. The molecule has 0 radical (unpaired) electrons. The summed E-state index contributed by atoms with van der Waals surface area (Å²) >= 11 is 0. The Labute approximate surface area is 131 Å². The second-order valence-electron chi connectivity index (χ2n) is 6.94. The smallest absolute Gasteiger partial charge is 0.162 e. The molecule has 0 aliphatic carbocycles. The lowest BCUT2D eigenvalue weighted by Gasteiger charge is -2.41. The van der Waals surface area contributed by atoms with Crippen molar-refractivity contribution in [3.8, 4) is 0 Å². The number of benzene rings is 1. The number of hydrogen-bond donors (Lipinski definition) is 1.